The zero-order chi connectivity index (χ0) is 17.5. The highest BCUT2D eigenvalue weighted by Gasteiger charge is 2.12. The zero-order valence-electron chi connectivity index (χ0n) is 13.8. The van der Waals surface area contributed by atoms with E-state index in [1.165, 1.54) is 0 Å². The SMILES string of the molecule is CSc1ccc(NC(=O)c2ccccc2COc2ccccc2)cn1. The summed E-state index contributed by atoms with van der Waals surface area (Å²) in [5.74, 6) is 0.598. The van der Waals surface area contributed by atoms with E-state index in [2.05, 4.69) is 10.3 Å². The van der Waals surface area contributed by atoms with Crippen LogP contribution in [0.2, 0.25) is 0 Å². The van der Waals surface area contributed by atoms with Gasteiger partial charge in [-0.05, 0) is 36.6 Å². The van der Waals surface area contributed by atoms with Gasteiger partial charge in [0.2, 0.25) is 0 Å². The third-order valence-corrected chi connectivity index (χ3v) is 4.26. The van der Waals surface area contributed by atoms with Crippen molar-refractivity contribution in [3.05, 3.63) is 84.1 Å². The van der Waals surface area contributed by atoms with Crippen LogP contribution < -0.4 is 10.1 Å². The molecule has 0 fully saturated rings. The molecular formula is C20H18N2O2S. The normalized spacial score (nSPS) is 10.3. The molecule has 0 unspecified atom stereocenters. The smallest absolute Gasteiger partial charge is 0.256 e. The van der Waals surface area contributed by atoms with Gasteiger partial charge >= 0.3 is 0 Å². The van der Waals surface area contributed by atoms with E-state index >= 15 is 0 Å². The number of para-hydroxylation sites is 1. The number of pyridine rings is 1. The van der Waals surface area contributed by atoms with Gasteiger partial charge < -0.3 is 10.1 Å². The Kier molecular flexibility index (Phi) is 5.69. The lowest BCUT2D eigenvalue weighted by Crippen LogP contribution is -2.15. The number of ether oxygens (including phenoxy) is 1. The van der Waals surface area contributed by atoms with Crippen molar-refractivity contribution >= 4 is 23.4 Å². The van der Waals surface area contributed by atoms with Crippen molar-refractivity contribution in [2.24, 2.45) is 0 Å². The van der Waals surface area contributed by atoms with Crippen molar-refractivity contribution in [2.75, 3.05) is 11.6 Å². The van der Waals surface area contributed by atoms with E-state index in [-0.39, 0.29) is 5.91 Å². The van der Waals surface area contributed by atoms with Gasteiger partial charge in [-0.25, -0.2) is 4.98 Å². The summed E-state index contributed by atoms with van der Waals surface area (Å²) in [6.07, 6.45) is 3.62. The van der Waals surface area contributed by atoms with E-state index in [0.717, 1.165) is 16.3 Å². The molecule has 3 aromatic rings. The minimum absolute atomic E-state index is 0.175. The minimum atomic E-state index is -0.175. The van der Waals surface area contributed by atoms with Gasteiger partial charge in [0.25, 0.3) is 5.91 Å². The molecule has 25 heavy (non-hydrogen) atoms. The average molecular weight is 350 g/mol. The monoisotopic (exact) mass is 350 g/mol. The fraction of sp³-hybridized carbons (Fsp3) is 0.100. The van der Waals surface area contributed by atoms with Crippen LogP contribution in [-0.4, -0.2) is 17.1 Å². The molecule has 5 heteroatoms. The third kappa shape index (κ3) is 4.61. The van der Waals surface area contributed by atoms with E-state index in [4.69, 9.17) is 4.74 Å². The summed E-state index contributed by atoms with van der Waals surface area (Å²) in [4.78, 5) is 16.9. The van der Waals surface area contributed by atoms with Crippen LogP contribution in [0.1, 0.15) is 15.9 Å². The number of hydrogen-bond donors (Lipinski definition) is 1. The first-order valence-corrected chi connectivity index (χ1v) is 9.06. The number of benzene rings is 2. The maximum Gasteiger partial charge on any atom is 0.256 e. The Morgan fingerprint density at radius 2 is 1.80 bits per heavy atom. The summed E-state index contributed by atoms with van der Waals surface area (Å²) in [7, 11) is 0. The van der Waals surface area contributed by atoms with Gasteiger partial charge in [-0.3, -0.25) is 4.79 Å². The van der Waals surface area contributed by atoms with Crippen molar-refractivity contribution in [3.8, 4) is 5.75 Å². The molecule has 1 amide bonds. The highest BCUT2D eigenvalue weighted by Crippen LogP contribution is 2.18. The molecule has 0 saturated carbocycles. The predicted octanol–water partition coefficient (Wildman–Crippen LogP) is 4.63. The lowest BCUT2D eigenvalue weighted by Gasteiger charge is -2.11. The van der Waals surface area contributed by atoms with E-state index < -0.39 is 0 Å². The predicted molar refractivity (Wildman–Crippen MR) is 101 cm³/mol. The largest absolute Gasteiger partial charge is 0.489 e. The molecule has 1 heterocycles. The van der Waals surface area contributed by atoms with Crippen LogP contribution >= 0.6 is 11.8 Å². The lowest BCUT2D eigenvalue weighted by molar-refractivity contribution is 0.102. The number of hydrogen-bond acceptors (Lipinski definition) is 4. The van der Waals surface area contributed by atoms with E-state index in [9.17, 15) is 4.79 Å². The summed E-state index contributed by atoms with van der Waals surface area (Å²) >= 11 is 1.56. The van der Waals surface area contributed by atoms with Crippen LogP contribution in [0.25, 0.3) is 0 Å². The Bertz CT molecular complexity index is 836. The van der Waals surface area contributed by atoms with Gasteiger partial charge in [0.15, 0.2) is 0 Å². The van der Waals surface area contributed by atoms with Crippen molar-refractivity contribution in [1.82, 2.24) is 4.98 Å². The van der Waals surface area contributed by atoms with Gasteiger partial charge in [0.05, 0.1) is 16.9 Å². The molecule has 4 nitrogen and oxygen atoms in total. The highest BCUT2D eigenvalue weighted by molar-refractivity contribution is 7.98. The summed E-state index contributed by atoms with van der Waals surface area (Å²) in [5.41, 5.74) is 2.09. The first-order chi connectivity index (χ1) is 12.3. The van der Waals surface area contributed by atoms with Crippen LogP contribution in [0.15, 0.2) is 78.0 Å². The number of amides is 1. The molecule has 1 aromatic heterocycles. The summed E-state index contributed by atoms with van der Waals surface area (Å²) in [6.45, 7) is 0.331. The van der Waals surface area contributed by atoms with Crippen LogP contribution in [0.3, 0.4) is 0 Å². The number of nitrogens with one attached hydrogen (secondary N) is 1. The topological polar surface area (TPSA) is 51.2 Å². The van der Waals surface area contributed by atoms with Gasteiger partial charge in [-0.1, -0.05) is 36.4 Å². The third-order valence-electron chi connectivity index (χ3n) is 3.60. The molecule has 0 aliphatic rings. The number of rotatable bonds is 6. The molecule has 2 aromatic carbocycles. The zero-order valence-corrected chi connectivity index (χ0v) is 14.6. The standard InChI is InChI=1S/C20H18N2O2S/c1-25-19-12-11-16(13-21-19)22-20(23)18-10-6-5-7-15(18)14-24-17-8-3-2-4-9-17/h2-13H,14H2,1H3,(H,22,23). The van der Waals surface area contributed by atoms with Crippen molar-refractivity contribution in [1.29, 1.82) is 0 Å². The van der Waals surface area contributed by atoms with Crippen molar-refractivity contribution in [3.63, 3.8) is 0 Å². The van der Waals surface area contributed by atoms with Crippen molar-refractivity contribution < 1.29 is 9.53 Å². The Morgan fingerprint density at radius 1 is 1.04 bits per heavy atom. The molecule has 3 rings (SSSR count). The second kappa shape index (κ2) is 8.35. The number of carbonyl (C=O) groups is 1. The van der Waals surface area contributed by atoms with E-state index in [1.807, 2.05) is 66.9 Å². The molecule has 0 bridgehead atoms. The molecule has 126 valence electrons. The molecular weight excluding hydrogens is 332 g/mol. The molecule has 0 saturated heterocycles. The number of anilines is 1. The fourth-order valence-electron chi connectivity index (χ4n) is 2.32. The Hall–Kier alpha value is -2.79. The number of nitrogens with zero attached hydrogens (tertiary/aromatic N) is 1. The summed E-state index contributed by atoms with van der Waals surface area (Å²) in [6, 6.07) is 20.7. The molecule has 0 aliphatic carbocycles. The molecule has 0 atom stereocenters. The second-order valence-electron chi connectivity index (χ2n) is 5.30. The van der Waals surface area contributed by atoms with Crippen LogP contribution in [0.5, 0.6) is 5.75 Å². The number of carbonyl (C=O) groups excluding carboxylic acids is 1. The molecule has 0 aliphatic heterocycles. The van der Waals surface area contributed by atoms with Gasteiger partial charge in [-0.15, -0.1) is 11.8 Å². The first-order valence-electron chi connectivity index (χ1n) is 7.83. The Morgan fingerprint density at radius 3 is 2.52 bits per heavy atom. The lowest BCUT2D eigenvalue weighted by atomic mass is 10.1. The maximum atomic E-state index is 12.6. The summed E-state index contributed by atoms with van der Waals surface area (Å²) in [5, 5.41) is 3.79. The van der Waals surface area contributed by atoms with Gasteiger partial charge in [-0.2, -0.15) is 0 Å². The first kappa shape index (κ1) is 17.0. The summed E-state index contributed by atoms with van der Waals surface area (Å²) < 4.78 is 5.77. The number of aromatic nitrogens is 1. The molecule has 0 radical (unpaired) electrons. The number of thioether (sulfide) groups is 1. The maximum absolute atomic E-state index is 12.6. The van der Waals surface area contributed by atoms with E-state index in [0.29, 0.717) is 17.9 Å². The quantitative estimate of drug-likeness (QED) is 0.658. The van der Waals surface area contributed by atoms with Crippen molar-refractivity contribution in [2.45, 2.75) is 11.6 Å². The van der Waals surface area contributed by atoms with Gasteiger partial charge in [0.1, 0.15) is 12.4 Å². The average Bonchev–Trinajstić information content (AvgIpc) is 2.68. The van der Waals surface area contributed by atoms with Crippen LogP contribution in [0.4, 0.5) is 5.69 Å². The van der Waals surface area contributed by atoms with E-state index in [1.54, 1.807) is 24.0 Å². The second-order valence-corrected chi connectivity index (χ2v) is 6.13. The highest BCUT2D eigenvalue weighted by atomic mass is 32.2. The molecule has 1 N–H and O–H groups in total. The van der Waals surface area contributed by atoms with Gasteiger partial charge in [0, 0.05) is 11.1 Å². The Balaban J connectivity index is 1.71. The Labute approximate surface area is 151 Å². The van der Waals surface area contributed by atoms with Crippen LogP contribution in [-0.2, 0) is 6.61 Å². The fourth-order valence-corrected chi connectivity index (χ4v) is 2.68. The van der Waals surface area contributed by atoms with Crippen LogP contribution in [0, 0.1) is 0 Å². The molecule has 0 spiro atoms. The minimum Gasteiger partial charge on any atom is -0.489 e.